The Morgan fingerprint density at radius 3 is 2.24 bits per heavy atom. The zero-order valence-corrected chi connectivity index (χ0v) is 11.2. The molecule has 0 aliphatic heterocycles. The molecule has 0 bridgehead atoms. The van der Waals surface area contributed by atoms with Gasteiger partial charge >= 0.3 is 0 Å². The van der Waals surface area contributed by atoms with Crippen molar-refractivity contribution in [3.8, 4) is 0 Å². The summed E-state index contributed by atoms with van der Waals surface area (Å²) < 4.78 is 26.6. The van der Waals surface area contributed by atoms with Crippen molar-refractivity contribution < 1.29 is 13.5 Å². The highest BCUT2D eigenvalue weighted by atomic mass is 32.2. The molecule has 96 valence electrons. The first-order valence-corrected chi connectivity index (χ1v) is 7.05. The molecule has 4 nitrogen and oxygen atoms in total. The monoisotopic (exact) mass is 257 g/mol. The Labute approximate surface area is 103 Å². The highest BCUT2D eigenvalue weighted by Crippen LogP contribution is 2.14. The third-order valence-corrected chi connectivity index (χ3v) is 3.99. The average Bonchev–Trinajstić information content (AvgIpc) is 2.15. The minimum atomic E-state index is -3.49. The van der Waals surface area contributed by atoms with Gasteiger partial charge in [-0.25, -0.2) is 13.1 Å². The van der Waals surface area contributed by atoms with Gasteiger partial charge < -0.3 is 5.11 Å². The summed E-state index contributed by atoms with van der Waals surface area (Å²) in [7, 11) is -3.49. The van der Waals surface area contributed by atoms with E-state index in [1.54, 1.807) is 19.1 Å². The maximum atomic E-state index is 12.0. The van der Waals surface area contributed by atoms with E-state index >= 15 is 0 Å². The zero-order chi connectivity index (χ0) is 13.1. The van der Waals surface area contributed by atoms with Gasteiger partial charge in [-0.05, 0) is 50.5 Å². The minimum absolute atomic E-state index is 0.0312. The van der Waals surface area contributed by atoms with Gasteiger partial charge in [-0.1, -0.05) is 6.07 Å². The van der Waals surface area contributed by atoms with Gasteiger partial charge in [0.1, 0.15) is 0 Å². The van der Waals surface area contributed by atoms with E-state index in [1.165, 1.54) is 0 Å². The van der Waals surface area contributed by atoms with Crippen LogP contribution in [0.25, 0.3) is 0 Å². The SMILES string of the molecule is Cc1cc(C)cc(S(=O)(=O)NC(C)CCO)c1. The first kappa shape index (κ1) is 14.2. The lowest BCUT2D eigenvalue weighted by molar-refractivity contribution is 0.275. The molecule has 0 aliphatic rings. The van der Waals surface area contributed by atoms with E-state index in [4.69, 9.17) is 5.11 Å². The van der Waals surface area contributed by atoms with Crippen molar-refractivity contribution in [3.05, 3.63) is 29.3 Å². The van der Waals surface area contributed by atoms with Crippen LogP contribution in [0.4, 0.5) is 0 Å². The van der Waals surface area contributed by atoms with Gasteiger partial charge in [0.2, 0.25) is 10.0 Å². The first-order valence-electron chi connectivity index (χ1n) is 5.56. The molecule has 1 aromatic rings. The van der Waals surface area contributed by atoms with Crippen LogP contribution in [0.15, 0.2) is 23.1 Å². The Bertz CT molecular complexity index is 462. The summed E-state index contributed by atoms with van der Waals surface area (Å²) in [6.07, 6.45) is 0.407. The van der Waals surface area contributed by atoms with Crippen molar-refractivity contribution in [3.63, 3.8) is 0 Å². The first-order chi connectivity index (χ1) is 7.85. The average molecular weight is 257 g/mol. The Morgan fingerprint density at radius 2 is 1.76 bits per heavy atom. The van der Waals surface area contributed by atoms with Crippen LogP contribution < -0.4 is 4.72 Å². The van der Waals surface area contributed by atoms with Crippen molar-refractivity contribution in [2.24, 2.45) is 0 Å². The third kappa shape index (κ3) is 4.11. The Morgan fingerprint density at radius 1 is 1.24 bits per heavy atom. The highest BCUT2D eigenvalue weighted by Gasteiger charge is 2.17. The minimum Gasteiger partial charge on any atom is -0.396 e. The number of rotatable bonds is 5. The number of aliphatic hydroxyl groups excluding tert-OH is 1. The standard InChI is InChI=1S/C12H19NO3S/c1-9-6-10(2)8-12(7-9)17(15,16)13-11(3)4-5-14/h6-8,11,13-14H,4-5H2,1-3H3. The second kappa shape index (κ2) is 5.62. The van der Waals surface area contributed by atoms with Crippen molar-refractivity contribution in [1.29, 1.82) is 0 Å². The van der Waals surface area contributed by atoms with Gasteiger partial charge in [0.25, 0.3) is 0 Å². The predicted molar refractivity (Wildman–Crippen MR) is 67.4 cm³/mol. The van der Waals surface area contributed by atoms with Gasteiger partial charge in [-0.15, -0.1) is 0 Å². The fourth-order valence-electron chi connectivity index (χ4n) is 1.67. The van der Waals surface area contributed by atoms with Crippen LogP contribution in [-0.2, 0) is 10.0 Å². The summed E-state index contributed by atoms with van der Waals surface area (Å²) in [5.74, 6) is 0. The fraction of sp³-hybridized carbons (Fsp3) is 0.500. The molecule has 0 amide bonds. The largest absolute Gasteiger partial charge is 0.396 e. The summed E-state index contributed by atoms with van der Waals surface area (Å²) in [4.78, 5) is 0.278. The summed E-state index contributed by atoms with van der Waals surface area (Å²) in [6, 6.07) is 4.93. The third-order valence-electron chi connectivity index (χ3n) is 2.42. The number of nitrogens with one attached hydrogen (secondary N) is 1. The molecule has 5 heteroatoms. The van der Waals surface area contributed by atoms with Gasteiger partial charge in [0, 0.05) is 12.6 Å². The summed E-state index contributed by atoms with van der Waals surface area (Å²) >= 11 is 0. The van der Waals surface area contributed by atoms with E-state index < -0.39 is 10.0 Å². The topological polar surface area (TPSA) is 66.4 Å². The van der Waals surface area contributed by atoms with Crippen LogP contribution in [0.2, 0.25) is 0 Å². The van der Waals surface area contributed by atoms with Gasteiger partial charge in [0.05, 0.1) is 4.90 Å². The number of aryl methyl sites for hydroxylation is 2. The van der Waals surface area contributed by atoms with E-state index in [-0.39, 0.29) is 17.5 Å². The van der Waals surface area contributed by atoms with Crippen LogP contribution in [0.5, 0.6) is 0 Å². The summed E-state index contributed by atoms with van der Waals surface area (Å²) in [6.45, 7) is 5.43. The maximum Gasteiger partial charge on any atom is 0.240 e. The molecule has 0 heterocycles. The van der Waals surface area contributed by atoms with Crippen LogP contribution >= 0.6 is 0 Å². The van der Waals surface area contributed by atoms with Gasteiger partial charge in [0.15, 0.2) is 0 Å². The zero-order valence-electron chi connectivity index (χ0n) is 10.4. The summed E-state index contributed by atoms with van der Waals surface area (Å²) in [5, 5.41) is 8.76. The molecule has 0 radical (unpaired) electrons. The lowest BCUT2D eigenvalue weighted by atomic mass is 10.2. The van der Waals surface area contributed by atoms with Crippen molar-refractivity contribution in [2.45, 2.75) is 38.1 Å². The number of aliphatic hydroxyl groups is 1. The molecule has 1 aromatic carbocycles. The van der Waals surface area contributed by atoms with E-state index in [9.17, 15) is 8.42 Å². The van der Waals surface area contributed by atoms with Gasteiger partial charge in [-0.3, -0.25) is 0 Å². The van der Waals surface area contributed by atoms with Crippen LogP contribution in [0.1, 0.15) is 24.5 Å². The molecular weight excluding hydrogens is 238 g/mol. The van der Waals surface area contributed by atoms with Crippen LogP contribution in [0, 0.1) is 13.8 Å². The smallest absolute Gasteiger partial charge is 0.240 e. The molecule has 1 rings (SSSR count). The molecular formula is C12H19NO3S. The Hall–Kier alpha value is -0.910. The normalized spacial score (nSPS) is 13.6. The number of sulfonamides is 1. The van der Waals surface area contributed by atoms with Gasteiger partial charge in [-0.2, -0.15) is 0 Å². The maximum absolute atomic E-state index is 12.0. The van der Waals surface area contributed by atoms with Crippen LogP contribution in [0.3, 0.4) is 0 Å². The van der Waals surface area contributed by atoms with E-state index in [0.29, 0.717) is 6.42 Å². The van der Waals surface area contributed by atoms with Crippen molar-refractivity contribution in [2.75, 3.05) is 6.61 Å². The molecule has 1 unspecified atom stereocenters. The van der Waals surface area contributed by atoms with Crippen molar-refractivity contribution >= 4 is 10.0 Å². The fourth-order valence-corrected chi connectivity index (χ4v) is 3.14. The van der Waals surface area contributed by atoms with Crippen LogP contribution in [-0.4, -0.2) is 26.2 Å². The molecule has 17 heavy (non-hydrogen) atoms. The molecule has 0 fully saturated rings. The quantitative estimate of drug-likeness (QED) is 0.837. The van der Waals surface area contributed by atoms with E-state index in [2.05, 4.69) is 4.72 Å². The van der Waals surface area contributed by atoms with Crippen molar-refractivity contribution in [1.82, 2.24) is 4.72 Å². The molecule has 0 saturated heterocycles. The molecule has 2 N–H and O–H groups in total. The highest BCUT2D eigenvalue weighted by molar-refractivity contribution is 7.89. The Kier molecular flexibility index (Phi) is 4.68. The molecule has 1 atom stereocenters. The lowest BCUT2D eigenvalue weighted by Gasteiger charge is -2.13. The van der Waals surface area contributed by atoms with E-state index in [0.717, 1.165) is 11.1 Å². The van der Waals surface area contributed by atoms with E-state index in [1.807, 2.05) is 19.9 Å². The number of benzene rings is 1. The second-order valence-corrected chi connectivity index (χ2v) is 6.07. The molecule has 0 aromatic heterocycles. The summed E-state index contributed by atoms with van der Waals surface area (Å²) in [5.41, 5.74) is 1.83. The lowest BCUT2D eigenvalue weighted by Crippen LogP contribution is -2.33. The molecule has 0 aliphatic carbocycles. The molecule has 0 spiro atoms. The number of hydrogen-bond donors (Lipinski definition) is 2. The predicted octanol–water partition coefficient (Wildman–Crippen LogP) is 1.35. The number of hydrogen-bond acceptors (Lipinski definition) is 3. The Balaban J connectivity index is 2.97. The second-order valence-electron chi connectivity index (χ2n) is 4.36. The molecule has 0 saturated carbocycles.